The van der Waals surface area contributed by atoms with Gasteiger partial charge in [-0.25, -0.2) is 0 Å². The molecule has 1 unspecified atom stereocenters. The van der Waals surface area contributed by atoms with E-state index >= 15 is 0 Å². The van der Waals surface area contributed by atoms with E-state index in [4.69, 9.17) is 11.6 Å². The lowest BCUT2D eigenvalue weighted by atomic mass is 10.1. The Kier molecular flexibility index (Phi) is 4.32. The standard InChI is InChI=1S/C18H14ClN3O4S/c19-12-3-6-15-14(9-12)21-16(23)7-8-18(21,27-15)17(24)20-10-11-1-4-13(5-2-11)22(25)26/h1-6,9H,7-8,10H2,(H,20,24). The van der Waals surface area contributed by atoms with Gasteiger partial charge in [0.05, 0.1) is 10.6 Å². The number of non-ortho nitro benzene ring substituents is 1. The Morgan fingerprint density at radius 1 is 1.30 bits per heavy atom. The fourth-order valence-electron chi connectivity index (χ4n) is 3.38. The summed E-state index contributed by atoms with van der Waals surface area (Å²) in [6.07, 6.45) is 0.707. The number of hydrogen-bond acceptors (Lipinski definition) is 5. The van der Waals surface area contributed by atoms with E-state index in [0.29, 0.717) is 23.6 Å². The van der Waals surface area contributed by atoms with Gasteiger partial charge in [-0.15, -0.1) is 0 Å². The van der Waals surface area contributed by atoms with Crippen molar-refractivity contribution in [2.75, 3.05) is 4.90 Å². The number of thioether (sulfide) groups is 1. The lowest BCUT2D eigenvalue weighted by molar-refractivity contribution is -0.384. The predicted octanol–water partition coefficient (Wildman–Crippen LogP) is 3.49. The Morgan fingerprint density at radius 3 is 2.74 bits per heavy atom. The third kappa shape index (κ3) is 2.94. The molecular formula is C18H14ClN3O4S. The van der Waals surface area contributed by atoms with Crippen LogP contribution in [0.5, 0.6) is 0 Å². The lowest BCUT2D eigenvalue weighted by Gasteiger charge is -2.29. The molecule has 2 amide bonds. The summed E-state index contributed by atoms with van der Waals surface area (Å²) >= 11 is 7.43. The first-order valence-electron chi connectivity index (χ1n) is 8.24. The highest BCUT2D eigenvalue weighted by Gasteiger charge is 2.57. The molecule has 2 aromatic carbocycles. The summed E-state index contributed by atoms with van der Waals surface area (Å²) in [5.41, 5.74) is 1.40. The molecular weight excluding hydrogens is 390 g/mol. The number of carbonyl (C=O) groups is 2. The molecule has 0 aromatic heterocycles. The van der Waals surface area contributed by atoms with Gasteiger partial charge in [-0.05, 0) is 30.2 Å². The average Bonchev–Trinajstić information content (AvgIpc) is 3.16. The molecule has 0 aliphatic carbocycles. The fraction of sp³-hybridized carbons (Fsp3) is 0.222. The van der Waals surface area contributed by atoms with Crippen molar-refractivity contribution in [2.24, 2.45) is 0 Å². The van der Waals surface area contributed by atoms with Gasteiger partial charge in [-0.3, -0.25) is 24.6 Å². The number of hydrogen-bond donors (Lipinski definition) is 1. The van der Waals surface area contributed by atoms with E-state index in [1.54, 1.807) is 29.2 Å². The van der Waals surface area contributed by atoms with Crippen molar-refractivity contribution in [2.45, 2.75) is 29.2 Å². The van der Waals surface area contributed by atoms with E-state index in [-0.39, 0.29) is 24.0 Å². The minimum Gasteiger partial charge on any atom is -0.349 e. The largest absolute Gasteiger partial charge is 0.349 e. The minimum atomic E-state index is -1.01. The van der Waals surface area contributed by atoms with Crippen LogP contribution in [0.2, 0.25) is 5.02 Å². The third-order valence-electron chi connectivity index (χ3n) is 4.68. The predicted molar refractivity (Wildman–Crippen MR) is 102 cm³/mol. The lowest BCUT2D eigenvalue weighted by Crippen LogP contribution is -2.52. The number of amides is 2. The highest BCUT2D eigenvalue weighted by atomic mass is 35.5. The number of nitrogens with zero attached hydrogens (tertiary/aromatic N) is 2. The maximum atomic E-state index is 13.0. The Hall–Kier alpha value is -2.58. The van der Waals surface area contributed by atoms with Crippen LogP contribution in [0, 0.1) is 10.1 Å². The monoisotopic (exact) mass is 403 g/mol. The van der Waals surface area contributed by atoms with Crippen molar-refractivity contribution in [1.82, 2.24) is 5.32 Å². The number of nitro benzene ring substituents is 1. The molecule has 4 rings (SSSR count). The zero-order valence-corrected chi connectivity index (χ0v) is 15.5. The van der Waals surface area contributed by atoms with Crippen molar-refractivity contribution in [1.29, 1.82) is 0 Å². The molecule has 7 nitrogen and oxygen atoms in total. The summed E-state index contributed by atoms with van der Waals surface area (Å²) in [5, 5.41) is 14.1. The first kappa shape index (κ1) is 17.8. The van der Waals surface area contributed by atoms with Gasteiger partial charge in [0, 0.05) is 35.0 Å². The molecule has 2 heterocycles. The second kappa shape index (κ2) is 6.54. The van der Waals surface area contributed by atoms with Gasteiger partial charge >= 0.3 is 0 Å². The van der Waals surface area contributed by atoms with Crippen molar-refractivity contribution in [3.05, 3.63) is 63.2 Å². The maximum absolute atomic E-state index is 13.0. The first-order valence-corrected chi connectivity index (χ1v) is 9.43. The van der Waals surface area contributed by atoms with Crippen LogP contribution in [-0.4, -0.2) is 21.6 Å². The molecule has 0 saturated carbocycles. The van der Waals surface area contributed by atoms with Gasteiger partial charge in [-0.1, -0.05) is 35.5 Å². The van der Waals surface area contributed by atoms with Gasteiger partial charge in [0.1, 0.15) is 0 Å². The summed E-state index contributed by atoms with van der Waals surface area (Å²) < 4.78 is 0. The third-order valence-corrected chi connectivity index (χ3v) is 6.39. The molecule has 9 heteroatoms. The molecule has 1 saturated heterocycles. The van der Waals surface area contributed by atoms with Crippen LogP contribution in [0.1, 0.15) is 18.4 Å². The van der Waals surface area contributed by atoms with Crippen molar-refractivity contribution < 1.29 is 14.5 Å². The highest BCUT2D eigenvalue weighted by molar-refractivity contribution is 8.02. The van der Waals surface area contributed by atoms with Crippen LogP contribution in [0.25, 0.3) is 0 Å². The van der Waals surface area contributed by atoms with Crippen molar-refractivity contribution in [3.63, 3.8) is 0 Å². The van der Waals surface area contributed by atoms with Gasteiger partial charge in [0.25, 0.3) is 11.6 Å². The number of anilines is 1. The second-order valence-corrected chi connectivity index (χ2v) is 8.09. The smallest absolute Gasteiger partial charge is 0.269 e. The van der Waals surface area contributed by atoms with E-state index in [1.165, 1.54) is 23.9 Å². The topological polar surface area (TPSA) is 92.5 Å². The van der Waals surface area contributed by atoms with Crippen LogP contribution in [0.3, 0.4) is 0 Å². The van der Waals surface area contributed by atoms with Crippen LogP contribution >= 0.6 is 23.4 Å². The Labute approximate surface area is 163 Å². The van der Waals surface area contributed by atoms with E-state index in [9.17, 15) is 19.7 Å². The van der Waals surface area contributed by atoms with Crippen LogP contribution in [0.15, 0.2) is 47.4 Å². The maximum Gasteiger partial charge on any atom is 0.269 e. The molecule has 138 valence electrons. The van der Waals surface area contributed by atoms with Crippen molar-refractivity contribution >= 4 is 46.6 Å². The van der Waals surface area contributed by atoms with Gasteiger partial charge in [0.2, 0.25) is 5.91 Å². The van der Waals surface area contributed by atoms with E-state index in [0.717, 1.165) is 10.5 Å². The van der Waals surface area contributed by atoms with E-state index < -0.39 is 9.79 Å². The Bertz CT molecular complexity index is 966. The zero-order chi connectivity index (χ0) is 19.2. The fourth-order valence-corrected chi connectivity index (χ4v) is 4.96. The van der Waals surface area contributed by atoms with Crippen molar-refractivity contribution in [3.8, 4) is 0 Å². The SMILES string of the molecule is O=C1CCC2(C(=O)NCc3ccc([N+](=O)[O-])cc3)Sc3ccc(Cl)cc3N12. The van der Waals surface area contributed by atoms with Gasteiger partial charge in [-0.2, -0.15) is 0 Å². The number of rotatable bonds is 4. The quantitative estimate of drug-likeness (QED) is 0.623. The molecule has 0 bridgehead atoms. The van der Waals surface area contributed by atoms with Crippen LogP contribution in [-0.2, 0) is 16.1 Å². The normalized spacial score (nSPS) is 20.3. The van der Waals surface area contributed by atoms with Crippen LogP contribution in [0.4, 0.5) is 11.4 Å². The molecule has 1 atom stereocenters. The van der Waals surface area contributed by atoms with E-state index in [2.05, 4.69) is 5.32 Å². The number of nitrogens with one attached hydrogen (secondary N) is 1. The molecule has 2 aliphatic heterocycles. The summed E-state index contributed by atoms with van der Waals surface area (Å²) in [5.74, 6) is -0.363. The number of carbonyl (C=O) groups excluding carboxylic acids is 2. The summed E-state index contributed by atoms with van der Waals surface area (Å²) in [4.78, 5) is 37.1. The molecule has 27 heavy (non-hydrogen) atoms. The minimum absolute atomic E-state index is 0.00471. The Morgan fingerprint density at radius 2 is 2.04 bits per heavy atom. The van der Waals surface area contributed by atoms with Crippen LogP contribution < -0.4 is 10.2 Å². The number of nitro groups is 1. The molecule has 2 aromatic rings. The molecule has 1 N–H and O–H groups in total. The number of benzene rings is 2. The molecule has 0 spiro atoms. The molecule has 1 fully saturated rings. The first-order chi connectivity index (χ1) is 12.9. The Balaban J connectivity index is 1.54. The molecule has 0 radical (unpaired) electrons. The van der Waals surface area contributed by atoms with Gasteiger partial charge in [0.15, 0.2) is 4.87 Å². The summed E-state index contributed by atoms with van der Waals surface area (Å²) in [6, 6.07) is 11.3. The van der Waals surface area contributed by atoms with E-state index in [1.807, 2.05) is 6.07 Å². The average molecular weight is 404 g/mol. The molecule has 2 aliphatic rings. The second-order valence-electron chi connectivity index (χ2n) is 6.33. The summed E-state index contributed by atoms with van der Waals surface area (Å²) in [6.45, 7) is 0.221. The highest BCUT2D eigenvalue weighted by Crippen LogP contribution is 2.56. The van der Waals surface area contributed by atoms with Gasteiger partial charge < -0.3 is 5.32 Å². The summed E-state index contributed by atoms with van der Waals surface area (Å²) in [7, 11) is 0. The zero-order valence-electron chi connectivity index (χ0n) is 14.0. The number of halogens is 1. The number of fused-ring (bicyclic) bond motifs is 3.